The van der Waals surface area contributed by atoms with Crippen LogP contribution in [0.3, 0.4) is 0 Å². The minimum absolute atomic E-state index is 0.136. The zero-order valence-electron chi connectivity index (χ0n) is 9.19. The second-order valence-electron chi connectivity index (χ2n) is 3.30. The fraction of sp³-hybridized carbons (Fsp3) is 0.667. The third kappa shape index (κ3) is 3.13. The van der Waals surface area contributed by atoms with Crippen molar-refractivity contribution in [1.82, 2.24) is 10.2 Å². The number of carbonyl (C=O) groups excluding carboxylic acids is 3. The first-order chi connectivity index (χ1) is 7.56. The summed E-state index contributed by atoms with van der Waals surface area (Å²) in [6, 6.07) is -0.479. The van der Waals surface area contributed by atoms with Gasteiger partial charge in [-0.25, -0.2) is 0 Å². The Balaban J connectivity index is 2.47. The minimum Gasteiger partial charge on any atom is -0.468 e. The van der Waals surface area contributed by atoms with Crippen LogP contribution in [0.2, 0.25) is 0 Å². The smallest absolute Gasteiger partial charge is 0.325 e. The van der Waals surface area contributed by atoms with Crippen molar-refractivity contribution in [3.05, 3.63) is 0 Å². The minimum atomic E-state index is -0.506. The van der Waals surface area contributed by atoms with E-state index in [0.29, 0.717) is 11.6 Å². The highest BCUT2D eigenvalue weighted by Crippen LogP contribution is 2.20. The Morgan fingerprint density at radius 1 is 1.50 bits per heavy atom. The van der Waals surface area contributed by atoms with Gasteiger partial charge in [-0.1, -0.05) is 0 Å². The molecule has 0 aliphatic carbocycles. The predicted molar refractivity (Wildman–Crippen MR) is 58.7 cm³/mol. The van der Waals surface area contributed by atoms with Crippen LogP contribution in [0.25, 0.3) is 0 Å². The van der Waals surface area contributed by atoms with Crippen LogP contribution in [0.5, 0.6) is 0 Å². The molecule has 0 saturated carbocycles. The van der Waals surface area contributed by atoms with E-state index in [9.17, 15) is 14.4 Å². The third-order valence-electron chi connectivity index (χ3n) is 2.22. The van der Waals surface area contributed by atoms with E-state index < -0.39 is 12.0 Å². The normalized spacial score (nSPS) is 19.4. The van der Waals surface area contributed by atoms with Gasteiger partial charge in [0.15, 0.2) is 0 Å². The number of methoxy groups -OCH3 is 1. The maximum atomic E-state index is 11.7. The summed E-state index contributed by atoms with van der Waals surface area (Å²) in [6.07, 6.45) is 0. The van der Waals surface area contributed by atoms with Crippen LogP contribution < -0.4 is 5.32 Å². The number of nitrogens with one attached hydrogen (secondary N) is 1. The molecule has 0 radical (unpaired) electrons. The summed E-state index contributed by atoms with van der Waals surface area (Å²) in [7, 11) is 1.25. The zero-order valence-corrected chi connectivity index (χ0v) is 10.0. The van der Waals surface area contributed by atoms with Gasteiger partial charge >= 0.3 is 5.97 Å². The summed E-state index contributed by atoms with van der Waals surface area (Å²) >= 11 is 1.52. The van der Waals surface area contributed by atoms with Gasteiger partial charge in [0, 0.05) is 12.7 Å². The number of nitrogens with zero attached hydrogens (tertiary/aromatic N) is 1. The van der Waals surface area contributed by atoms with E-state index in [2.05, 4.69) is 10.1 Å². The molecule has 2 amide bonds. The Morgan fingerprint density at radius 3 is 2.75 bits per heavy atom. The highest BCUT2D eigenvalue weighted by atomic mass is 32.2. The summed E-state index contributed by atoms with van der Waals surface area (Å²) < 4.78 is 4.40. The predicted octanol–water partition coefficient (Wildman–Crippen LogP) is -0.803. The summed E-state index contributed by atoms with van der Waals surface area (Å²) in [4.78, 5) is 35.2. The van der Waals surface area contributed by atoms with E-state index in [-0.39, 0.29) is 18.4 Å². The van der Waals surface area contributed by atoms with E-state index in [1.807, 2.05) is 0 Å². The van der Waals surface area contributed by atoms with Crippen molar-refractivity contribution in [1.29, 1.82) is 0 Å². The lowest BCUT2D eigenvalue weighted by Crippen LogP contribution is -2.47. The molecule has 1 aliphatic rings. The third-order valence-corrected chi connectivity index (χ3v) is 3.24. The lowest BCUT2D eigenvalue weighted by atomic mass is 10.2. The fourth-order valence-electron chi connectivity index (χ4n) is 1.32. The number of esters is 1. The second kappa shape index (κ2) is 5.74. The summed E-state index contributed by atoms with van der Waals surface area (Å²) in [5.74, 6) is 0.125. The van der Waals surface area contributed by atoms with E-state index in [1.165, 1.54) is 30.7 Å². The molecule has 1 atom stereocenters. The van der Waals surface area contributed by atoms with Gasteiger partial charge in [0.05, 0.1) is 13.0 Å². The summed E-state index contributed by atoms with van der Waals surface area (Å²) in [6.45, 7) is 1.26. The molecular formula is C9H14N2O4S. The molecule has 1 heterocycles. The monoisotopic (exact) mass is 246 g/mol. The van der Waals surface area contributed by atoms with Gasteiger partial charge in [0.25, 0.3) is 0 Å². The summed E-state index contributed by atoms with van der Waals surface area (Å²) in [5, 5.41) is 2.44. The highest BCUT2D eigenvalue weighted by molar-refractivity contribution is 7.99. The largest absolute Gasteiger partial charge is 0.468 e. The fourth-order valence-corrected chi connectivity index (χ4v) is 2.54. The maximum absolute atomic E-state index is 11.7. The number of hydrogen-bond acceptors (Lipinski definition) is 5. The molecule has 0 bridgehead atoms. The van der Waals surface area contributed by atoms with Gasteiger partial charge in [-0.2, -0.15) is 0 Å². The van der Waals surface area contributed by atoms with Crippen LogP contribution in [0.1, 0.15) is 6.92 Å². The van der Waals surface area contributed by atoms with Crippen molar-refractivity contribution in [2.45, 2.75) is 13.0 Å². The average molecular weight is 246 g/mol. The Morgan fingerprint density at radius 2 is 2.19 bits per heavy atom. The molecule has 1 N–H and O–H groups in total. The van der Waals surface area contributed by atoms with Crippen LogP contribution in [0.15, 0.2) is 0 Å². The number of rotatable bonds is 3. The van der Waals surface area contributed by atoms with Crippen molar-refractivity contribution in [3.63, 3.8) is 0 Å². The van der Waals surface area contributed by atoms with Gasteiger partial charge in [-0.3, -0.25) is 14.4 Å². The Bertz CT molecular complexity index is 308. The first kappa shape index (κ1) is 12.8. The zero-order chi connectivity index (χ0) is 12.1. The molecule has 0 aromatic heterocycles. The van der Waals surface area contributed by atoms with Crippen molar-refractivity contribution < 1.29 is 19.1 Å². The molecule has 6 nitrogen and oxygen atoms in total. The lowest BCUT2D eigenvalue weighted by Gasteiger charge is -2.20. The van der Waals surface area contributed by atoms with E-state index in [0.717, 1.165) is 0 Å². The van der Waals surface area contributed by atoms with Crippen molar-refractivity contribution >= 4 is 29.5 Å². The number of amides is 2. The topological polar surface area (TPSA) is 75.7 Å². The van der Waals surface area contributed by atoms with E-state index >= 15 is 0 Å². The quantitative estimate of drug-likeness (QED) is 0.660. The highest BCUT2D eigenvalue weighted by Gasteiger charge is 2.32. The molecule has 0 spiro atoms. The molecular weight excluding hydrogens is 232 g/mol. The molecule has 1 saturated heterocycles. The van der Waals surface area contributed by atoms with Crippen molar-refractivity contribution in [2.75, 3.05) is 25.3 Å². The first-order valence-corrected chi connectivity index (χ1v) is 5.91. The molecule has 7 heteroatoms. The Kier molecular flexibility index (Phi) is 4.60. The van der Waals surface area contributed by atoms with Crippen LogP contribution in [0, 0.1) is 0 Å². The van der Waals surface area contributed by atoms with Crippen LogP contribution in [0.4, 0.5) is 0 Å². The first-order valence-electron chi connectivity index (χ1n) is 4.75. The van der Waals surface area contributed by atoms with E-state index in [4.69, 9.17) is 0 Å². The Labute approximate surface area is 97.7 Å². The standard InChI is InChI=1S/C9H14N2O4S/c1-6(12)11-5-16-4-7(11)9(14)10-3-8(13)15-2/h7H,3-5H2,1-2H3,(H,10,14). The van der Waals surface area contributed by atoms with Crippen LogP contribution >= 0.6 is 11.8 Å². The number of thioether (sulfide) groups is 1. The van der Waals surface area contributed by atoms with Gasteiger partial charge in [0.2, 0.25) is 11.8 Å². The van der Waals surface area contributed by atoms with Crippen LogP contribution in [-0.2, 0) is 19.1 Å². The lowest BCUT2D eigenvalue weighted by molar-refractivity contribution is -0.142. The van der Waals surface area contributed by atoms with Gasteiger partial charge in [-0.05, 0) is 0 Å². The molecule has 90 valence electrons. The van der Waals surface area contributed by atoms with Crippen molar-refractivity contribution in [3.8, 4) is 0 Å². The SMILES string of the molecule is COC(=O)CNC(=O)C1CSCN1C(C)=O. The second-order valence-corrected chi connectivity index (χ2v) is 4.30. The number of carbonyl (C=O) groups is 3. The number of ether oxygens (including phenoxy) is 1. The molecule has 1 aliphatic heterocycles. The van der Waals surface area contributed by atoms with Gasteiger partial charge in [0.1, 0.15) is 12.6 Å². The van der Waals surface area contributed by atoms with Crippen molar-refractivity contribution in [2.24, 2.45) is 0 Å². The molecule has 1 fully saturated rings. The summed E-state index contributed by atoms with van der Waals surface area (Å²) in [5.41, 5.74) is 0. The molecule has 16 heavy (non-hydrogen) atoms. The maximum Gasteiger partial charge on any atom is 0.325 e. The molecule has 0 aromatic rings. The molecule has 1 unspecified atom stereocenters. The molecule has 1 rings (SSSR count). The van der Waals surface area contributed by atoms with Gasteiger partial charge < -0.3 is 15.0 Å². The van der Waals surface area contributed by atoms with E-state index in [1.54, 1.807) is 0 Å². The molecule has 0 aromatic carbocycles. The Hall–Kier alpha value is -1.24. The van der Waals surface area contributed by atoms with Crippen LogP contribution in [-0.4, -0.2) is 54.0 Å². The average Bonchev–Trinajstić information content (AvgIpc) is 2.74. The number of hydrogen-bond donors (Lipinski definition) is 1. The van der Waals surface area contributed by atoms with Gasteiger partial charge in [-0.15, -0.1) is 11.8 Å².